The van der Waals surface area contributed by atoms with Crippen LogP contribution in [-0.4, -0.2) is 41.9 Å². The Morgan fingerprint density at radius 1 is 1.12 bits per heavy atom. The number of amides is 1. The molecular weight excluding hydrogens is 459 g/mol. The molecule has 180 valence electrons. The van der Waals surface area contributed by atoms with Gasteiger partial charge in [-0.25, -0.2) is 12.8 Å². The summed E-state index contributed by atoms with van der Waals surface area (Å²) in [6.45, 7) is 3.06. The van der Waals surface area contributed by atoms with Gasteiger partial charge in [-0.1, -0.05) is 23.7 Å². The van der Waals surface area contributed by atoms with Crippen molar-refractivity contribution in [2.45, 2.75) is 50.5 Å². The van der Waals surface area contributed by atoms with E-state index in [0.717, 1.165) is 24.8 Å². The van der Waals surface area contributed by atoms with Gasteiger partial charge in [0.25, 0.3) is 0 Å². The Morgan fingerprint density at radius 2 is 1.85 bits per heavy atom. The maximum Gasteiger partial charge on any atom is 0.243 e. The molecule has 0 saturated carbocycles. The quantitative estimate of drug-likeness (QED) is 0.522. The van der Waals surface area contributed by atoms with E-state index in [9.17, 15) is 17.6 Å². The number of nitrogens with zero attached hydrogens (tertiary/aromatic N) is 3. The highest BCUT2D eigenvalue weighted by atomic mass is 32.2. The average Bonchev–Trinajstić information content (AvgIpc) is 3.33. The van der Waals surface area contributed by atoms with E-state index in [1.54, 1.807) is 43.3 Å². The molecule has 8 nitrogen and oxygen atoms in total. The fourth-order valence-electron chi connectivity index (χ4n) is 3.80. The number of halogens is 1. The van der Waals surface area contributed by atoms with Crippen LogP contribution in [0.15, 0.2) is 51.9 Å². The summed E-state index contributed by atoms with van der Waals surface area (Å²) in [5.74, 6) is 0.169. The van der Waals surface area contributed by atoms with E-state index in [4.69, 9.17) is 4.52 Å². The highest BCUT2D eigenvalue weighted by Gasteiger charge is 2.25. The third kappa shape index (κ3) is 5.68. The number of hydrogen-bond donors (Lipinski definition) is 1. The number of hydrogen-bond acceptors (Lipinski definition) is 6. The molecule has 2 aromatic carbocycles. The zero-order chi connectivity index (χ0) is 24.1. The Kier molecular flexibility index (Phi) is 7.38. The molecule has 1 fully saturated rings. The highest BCUT2D eigenvalue weighted by molar-refractivity contribution is 7.89. The molecule has 3 aromatic rings. The number of benzene rings is 2. The Balaban J connectivity index is 1.26. The van der Waals surface area contributed by atoms with E-state index < -0.39 is 10.0 Å². The van der Waals surface area contributed by atoms with Crippen molar-refractivity contribution in [2.75, 3.05) is 13.1 Å². The smallest absolute Gasteiger partial charge is 0.243 e. The number of rotatable bonds is 8. The van der Waals surface area contributed by atoms with Gasteiger partial charge in [0, 0.05) is 38.0 Å². The van der Waals surface area contributed by atoms with Crippen molar-refractivity contribution in [3.8, 4) is 11.4 Å². The zero-order valence-electron chi connectivity index (χ0n) is 19.0. The molecule has 0 bridgehead atoms. The Bertz CT molecular complexity index is 1250. The normalized spacial score (nSPS) is 14.8. The van der Waals surface area contributed by atoms with Crippen LogP contribution in [-0.2, 0) is 27.8 Å². The summed E-state index contributed by atoms with van der Waals surface area (Å²) in [6, 6.07) is 11.2. The van der Waals surface area contributed by atoms with Gasteiger partial charge in [0.05, 0.1) is 4.90 Å². The number of nitrogens with one attached hydrogen (secondary N) is 1. The number of sulfonamides is 1. The van der Waals surface area contributed by atoms with Gasteiger partial charge in [-0.05, 0) is 61.2 Å². The van der Waals surface area contributed by atoms with Crippen molar-refractivity contribution in [2.24, 2.45) is 0 Å². The number of carbonyl (C=O) groups is 1. The molecule has 1 amide bonds. The second-order valence-electron chi connectivity index (χ2n) is 8.36. The molecule has 4 rings (SSSR count). The topological polar surface area (TPSA) is 105 Å². The minimum Gasteiger partial charge on any atom is -0.352 e. The monoisotopic (exact) mass is 486 g/mol. The van der Waals surface area contributed by atoms with E-state index >= 15 is 0 Å². The predicted molar refractivity (Wildman–Crippen MR) is 124 cm³/mol. The predicted octanol–water partition coefficient (Wildman–Crippen LogP) is 3.61. The number of aryl methyl sites for hydroxylation is 2. The Morgan fingerprint density at radius 3 is 2.56 bits per heavy atom. The van der Waals surface area contributed by atoms with Crippen LogP contribution < -0.4 is 5.32 Å². The highest BCUT2D eigenvalue weighted by Crippen LogP contribution is 2.21. The lowest BCUT2D eigenvalue weighted by Crippen LogP contribution is -2.35. The van der Waals surface area contributed by atoms with Crippen LogP contribution in [0.25, 0.3) is 11.4 Å². The molecule has 0 unspecified atom stereocenters. The summed E-state index contributed by atoms with van der Waals surface area (Å²) in [6.07, 6.45) is 3.27. The van der Waals surface area contributed by atoms with Gasteiger partial charge in [0.15, 0.2) is 0 Å². The van der Waals surface area contributed by atoms with E-state index in [2.05, 4.69) is 15.5 Å². The van der Waals surface area contributed by atoms with Crippen LogP contribution in [0.4, 0.5) is 4.39 Å². The second kappa shape index (κ2) is 10.4. The van der Waals surface area contributed by atoms with Crippen LogP contribution in [0.3, 0.4) is 0 Å². The molecular formula is C24H27FN4O4S. The molecule has 1 N–H and O–H groups in total. The van der Waals surface area contributed by atoms with Crippen LogP contribution in [0, 0.1) is 12.7 Å². The molecule has 0 spiro atoms. The van der Waals surface area contributed by atoms with Crippen molar-refractivity contribution < 1.29 is 22.1 Å². The lowest BCUT2D eigenvalue weighted by molar-refractivity contribution is -0.121. The van der Waals surface area contributed by atoms with Crippen LogP contribution in [0.1, 0.15) is 42.7 Å². The van der Waals surface area contributed by atoms with Crippen LogP contribution in [0.5, 0.6) is 0 Å². The largest absolute Gasteiger partial charge is 0.352 e. The van der Waals surface area contributed by atoms with E-state index in [0.29, 0.717) is 35.9 Å². The molecule has 0 atom stereocenters. The van der Waals surface area contributed by atoms with Gasteiger partial charge in [-0.3, -0.25) is 4.79 Å². The van der Waals surface area contributed by atoms with Crippen LogP contribution in [0.2, 0.25) is 0 Å². The Labute approximate surface area is 198 Å². The molecule has 1 aliphatic heterocycles. The first-order valence-corrected chi connectivity index (χ1v) is 12.7. The third-order valence-electron chi connectivity index (χ3n) is 5.82. The van der Waals surface area contributed by atoms with Gasteiger partial charge < -0.3 is 9.84 Å². The van der Waals surface area contributed by atoms with Crippen molar-refractivity contribution in [3.05, 3.63) is 65.3 Å². The first kappa shape index (κ1) is 24.0. The molecule has 2 heterocycles. The number of piperidine rings is 1. The fraction of sp³-hybridized carbons (Fsp3) is 0.375. The van der Waals surface area contributed by atoms with Gasteiger partial charge in [-0.2, -0.15) is 9.29 Å². The van der Waals surface area contributed by atoms with Gasteiger partial charge in [-0.15, -0.1) is 0 Å². The van der Waals surface area contributed by atoms with Gasteiger partial charge >= 0.3 is 0 Å². The maximum absolute atomic E-state index is 13.4. The summed E-state index contributed by atoms with van der Waals surface area (Å²) in [7, 11) is -3.47. The SMILES string of the molecule is Cc1cc(-c2noc(CCC(=O)NCc3ccc(S(=O)(=O)N4CCCCC4)cc3)n2)ccc1F. The van der Waals surface area contributed by atoms with Crippen molar-refractivity contribution in [1.82, 2.24) is 19.8 Å². The molecule has 1 aliphatic rings. The molecule has 0 aliphatic carbocycles. The molecule has 1 saturated heterocycles. The lowest BCUT2D eigenvalue weighted by Gasteiger charge is -2.25. The maximum atomic E-state index is 13.4. The minimum atomic E-state index is -3.47. The number of carbonyl (C=O) groups excluding carboxylic acids is 1. The summed E-state index contributed by atoms with van der Waals surface area (Å²) in [4.78, 5) is 16.8. The number of aromatic nitrogens is 2. The third-order valence-corrected chi connectivity index (χ3v) is 7.73. The van der Waals surface area contributed by atoms with Gasteiger partial charge in [0.2, 0.25) is 27.6 Å². The molecule has 34 heavy (non-hydrogen) atoms. The lowest BCUT2D eigenvalue weighted by atomic mass is 10.1. The van der Waals surface area contributed by atoms with Crippen molar-refractivity contribution in [3.63, 3.8) is 0 Å². The van der Waals surface area contributed by atoms with Crippen LogP contribution >= 0.6 is 0 Å². The summed E-state index contributed by atoms with van der Waals surface area (Å²) in [5.41, 5.74) is 1.93. The van der Waals surface area contributed by atoms with E-state index in [1.807, 2.05) is 0 Å². The zero-order valence-corrected chi connectivity index (χ0v) is 19.8. The fourth-order valence-corrected chi connectivity index (χ4v) is 5.32. The van der Waals surface area contributed by atoms with E-state index in [1.165, 1.54) is 10.4 Å². The Hall–Kier alpha value is -3.11. The standard InChI is InChI=1S/C24H27FN4O4S/c1-17-15-19(7-10-21(17)25)24-27-23(33-28-24)12-11-22(30)26-16-18-5-8-20(9-6-18)34(31,32)29-13-3-2-4-14-29/h5-10,15H,2-4,11-14,16H2,1H3,(H,26,30). The summed E-state index contributed by atoms with van der Waals surface area (Å²) in [5, 5.41) is 6.71. The molecule has 0 radical (unpaired) electrons. The first-order valence-electron chi connectivity index (χ1n) is 11.3. The minimum absolute atomic E-state index is 0.158. The second-order valence-corrected chi connectivity index (χ2v) is 10.3. The molecule has 10 heteroatoms. The van der Waals surface area contributed by atoms with Crippen molar-refractivity contribution >= 4 is 15.9 Å². The summed E-state index contributed by atoms with van der Waals surface area (Å²) >= 11 is 0. The van der Waals surface area contributed by atoms with Gasteiger partial charge in [0.1, 0.15) is 5.82 Å². The summed E-state index contributed by atoms with van der Waals surface area (Å²) < 4.78 is 45.6. The average molecular weight is 487 g/mol. The van der Waals surface area contributed by atoms with E-state index in [-0.39, 0.29) is 36.0 Å². The van der Waals surface area contributed by atoms with Crippen molar-refractivity contribution in [1.29, 1.82) is 0 Å². The molecule has 1 aromatic heterocycles. The first-order chi connectivity index (χ1) is 16.3.